The lowest BCUT2D eigenvalue weighted by Crippen LogP contribution is -2.40. The van der Waals surface area contributed by atoms with Gasteiger partial charge in [-0.1, -0.05) is 20.3 Å². The van der Waals surface area contributed by atoms with E-state index >= 15 is 0 Å². The van der Waals surface area contributed by atoms with E-state index in [4.69, 9.17) is 10.2 Å². The second-order valence-corrected chi connectivity index (χ2v) is 3.45. The summed E-state index contributed by atoms with van der Waals surface area (Å²) in [5, 5.41) is 21.1. The molecule has 0 aromatic carbocycles. The molecule has 0 saturated heterocycles. The van der Waals surface area contributed by atoms with Gasteiger partial charge in [-0.15, -0.1) is 0 Å². The van der Waals surface area contributed by atoms with Crippen LogP contribution in [0.15, 0.2) is 0 Å². The maximum Gasteiger partial charge on any atom is 0.0585 e. The zero-order valence-electron chi connectivity index (χ0n) is 8.79. The van der Waals surface area contributed by atoms with Crippen molar-refractivity contribution in [2.45, 2.75) is 51.6 Å². The Morgan fingerprint density at radius 2 is 1.77 bits per heavy atom. The molecule has 0 aromatic rings. The second-order valence-electron chi connectivity index (χ2n) is 3.45. The van der Waals surface area contributed by atoms with E-state index in [1.54, 1.807) is 0 Å². The molecule has 0 fully saturated rings. The number of aliphatic hydroxyl groups is 2. The Hall–Kier alpha value is -0.120. The normalized spacial score (nSPS) is 15.7. The number of hydrogen-bond acceptors (Lipinski definition) is 3. The number of rotatable bonds is 8. The van der Waals surface area contributed by atoms with Crippen molar-refractivity contribution in [2.24, 2.45) is 0 Å². The summed E-state index contributed by atoms with van der Waals surface area (Å²) >= 11 is 0. The highest BCUT2D eigenvalue weighted by atomic mass is 16.3. The first-order valence-electron chi connectivity index (χ1n) is 5.26. The van der Waals surface area contributed by atoms with Gasteiger partial charge in [-0.2, -0.15) is 0 Å². The summed E-state index contributed by atoms with van der Waals surface area (Å²) in [5.41, 5.74) is 0. The molecule has 3 N–H and O–H groups in total. The van der Waals surface area contributed by atoms with Gasteiger partial charge in [0.1, 0.15) is 0 Å². The lowest BCUT2D eigenvalue weighted by Gasteiger charge is -2.22. The molecule has 0 aromatic heterocycles. The Balaban J connectivity index is 3.73. The van der Waals surface area contributed by atoms with Crippen LogP contribution in [0, 0.1) is 0 Å². The maximum atomic E-state index is 9.00. The van der Waals surface area contributed by atoms with Gasteiger partial charge in [0.05, 0.1) is 6.61 Å². The van der Waals surface area contributed by atoms with Crippen LogP contribution in [0.25, 0.3) is 0 Å². The van der Waals surface area contributed by atoms with Gasteiger partial charge >= 0.3 is 0 Å². The molecular formula is C10H23NO2. The summed E-state index contributed by atoms with van der Waals surface area (Å²) in [7, 11) is 0. The summed E-state index contributed by atoms with van der Waals surface area (Å²) in [6, 6.07) is 0.537. The Morgan fingerprint density at radius 1 is 1.08 bits per heavy atom. The summed E-state index contributed by atoms with van der Waals surface area (Å²) in [6.45, 7) is 4.55. The molecule has 0 heterocycles. The zero-order chi connectivity index (χ0) is 10.1. The van der Waals surface area contributed by atoms with Crippen LogP contribution in [-0.4, -0.2) is 35.5 Å². The lowest BCUT2D eigenvalue weighted by molar-refractivity contribution is 0.188. The first kappa shape index (κ1) is 12.9. The van der Waals surface area contributed by atoms with Crippen molar-refractivity contribution < 1.29 is 10.2 Å². The number of aliphatic hydroxyl groups excluding tert-OH is 2. The second kappa shape index (κ2) is 8.48. The molecule has 0 aliphatic heterocycles. The molecule has 0 spiro atoms. The van der Waals surface area contributed by atoms with E-state index in [1.807, 2.05) is 0 Å². The van der Waals surface area contributed by atoms with Gasteiger partial charge in [0.25, 0.3) is 0 Å². The van der Waals surface area contributed by atoms with Gasteiger partial charge < -0.3 is 15.5 Å². The molecule has 2 atom stereocenters. The average Bonchev–Trinajstić information content (AvgIpc) is 2.16. The Bertz CT molecular complexity index is 97.1. The minimum Gasteiger partial charge on any atom is -0.396 e. The SMILES string of the molecule is CCCC(CC)NC(CO)CCO. The fourth-order valence-electron chi connectivity index (χ4n) is 1.47. The summed E-state index contributed by atoms with van der Waals surface area (Å²) < 4.78 is 0. The van der Waals surface area contributed by atoms with Crippen LogP contribution in [0.4, 0.5) is 0 Å². The summed E-state index contributed by atoms with van der Waals surface area (Å²) in [5.74, 6) is 0. The predicted molar refractivity (Wildman–Crippen MR) is 54.7 cm³/mol. The molecule has 2 unspecified atom stereocenters. The van der Waals surface area contributed by atoms with E-state index in [1.165, 1.54) is 0 Å². The van der Waals surface area contributed by atoms with Crippen LogP contribution in [0.2, 0.25) is 0 Å². The molecule has 0 bridgehead atoms. The third-order valence-corrected chi connectivity index (χ3v) is 2.30. The van der Waals surface area contributed by atoms with Gasteiger partial charge in [0.2, 0.25) is 0 Å². The van der Waals surface area contributed by atoms with Crippen molar-refractivity contribution in [2.75, 3.05) is 13.2 Å². The largest absolute Gasteiger partial charge is 0.396 e. The highest BCUT2D eigenvalue weighted by Gasteiger charge is 2.11. The minimum atomic E-state index is 0.0569. The predicted octanol–water partition coefficient (Wildman–Crippen LogP) is 0.898. The molecular weight excluding hydrogens is 166 g/mol. The first-order chi connectivity index (χ1) is 6.28. The lowest BCUT2D eigenvalue weighted by atomic mass is 10.1. The molecule has 0 radical (unpaired) electrons. The monoisotopic (exact) mass is 189 g/mol. The maximum absolute atomic E-state index is 9.00. The summed E-state index contributed by atoms with van der Waals surface area (Å²) in [6.07, 6.45) is 4.01. The van der Waals surface area contributed by atoms with E-state index in [0.717, 1.165) is 19.3 Å². The van der Waals surface area contributed by atoms with E-state index < -0.39 is 0 Å². The highest BCUT2D eigenvalue weighted by Crippen LogP contribution is 2.03. The fourth-order valence-corrected chi connectivity index (χ4v) is 1.47. The van der Waals surface area contributed by atoms with Crippen molar-refractivity contribution in [3.05, 3.63) is 0 Å². The smallest absolute Gasteiger partial charge is 0.0585 e. The van der Waals surface area contributed by atoms with Crippen LogP contribution >= 0.6 is 0 Å². The highest BCUT2D eigenvalue weighted by molar-refractivity contribution is 4.72. The van der Waals surface area contributed by atoms with E-state index in [9.17, 15) is 0 Å². The van der Waals surface area contributed by atoms with E-state index in [2.05, 4.69) is 19.2 Å². The topological polar surface area (TPSA) is 52.5 Å². The number of nitrogens with one attached hydrogen (secondary N) is 1. The minimum absolute atomic E-state index is 0.0569. The van der Waals surface area contributed by atoms with Crippen LogP contribution in [0.1, 0.15) is 39.5 Å². The van der Waals surface area contributed by atoms with Gasteiger partial charge in [-0.3, -0.25) is 0 Å². The van der Waals surface area contributed by atoms with Crippen LogP contribution < -0.4 is 5.32 Å². The quantitative estimate of drug-likeness (QED) is 0.532. The van der Waals surface area contributed by atoms with Gasteiger partial charge in [-0.25, -0.2) is 0 Å². The van der Waals surface area contributed by atoms with E-state index in [-0.39, 0.29) is 19.3 Å². The van der Waals surface area contributed by atoms with Crippen LogP contribution in [0.5, 0.6) is 0 Å². The van der Waals surface area contributed by atoms with Crippen molar-refractivity contribution in [1.29, 1.82) is 0 Å². The van der Waals surface area contributed by atoms with Crippen molar-refractivity contribution in [3.8, 4) is 0 Å². The third kappa shape index (κ3) is 6.02. The molecule has 80 valence electrons. The Kier molecular flexibility index (Phi) is 8.40. The van der Waals surface area contributed by atoms with E-state index in [0.29, 0.717) is 12.5 Å². The standard InChI is InChI=1S/C10H23NO2/c1-3-5-9(4-2)11-10(8-13)6-7-12/h9-13H,3-8H2,1-2H3. The molecule has 3 nitrogen and oxygen atoms in total. The molecule has 13 heavy (non-hydrogen) atoms. The van der Waals surface area contributed by atoms with Gasteiger partial charge in [0, 0.05) is 18.7 Å². The van der Waals surface area contributed by atoms with Crippen molar-refractivity contribution >= 4 is 0 Å². The average molecular weight is 189 g/mol. The Morgan fingerprint density at radius 3 is 2.15 bits per heavy atom. The molecule has 3 heteroatoms. The zero-order valence-corrected chi connectivity index (χ0v) is 8.79. The molecule has 0 rings (SSSR count). The summed E-state index contributed by atoms with van der Waals surface area (Å²) in [4.78, 5) is 0. The molecule has 0 aliphatic carbocycles. The van der Waals surface area contributed by atoms with Crippen LogP contribution in [0.3, 0.4) is 0 Å². The van der Waals surface area contributed by atoms with Gasteiger partial charge in [-0.05, 0) is 19.3 Å². The third-order valence-electron chi connectivity index (χ3n) is 2.30. The van der Waals surface area contributed by atoms with Crippen molar-refractivity contribution in [3.63, 3.8) is 0 Å². The first-order valence-corrected chi connectivity index (χ1v) is 5.26. The Labute approximate surface area is 81.2 Å². The molecule has 0 aliphatic rings. The molecule has 0 saturated carbocycles. The van der Waals surface area contributed by atoms with Gasteiger partial charge in [0.15, 0.2) is 0 Å². The van der Waals surface area contributed by atoms with Crippen molar-refractivity contribution in [1.82, 2.24) is 5.32 Å². The fraction of sp³-hybridized carbons (Fsp3) is 1.00. The number of hydrogen-bond donors (Lipinski definition) is 3. The molecule has 0 amide bonds. The van der Waals surface area contributed by atoms with Crippen LogP contribution in [-0.2, 0) is 0 Å².